The van der Waals surface area contributed by atoms with E-state index in [-0.39, 0.29) is 23.8 Å². The molecule has 26 heavy (non-hydrogen) atoms. The predicted octanol–water partition coefficient (Wildman–Crippen LogP) is 3.71. The normalized spacial score (nSPS) is 13.9. The van der Waals surface area contributed by atoms with Crippen LogP contribution in [0.4, 0.5) is 0 Å². The maximum absolute atomic E-state index is 12.2. The molecule has 1 aliphatic carbocycles. The quantitative estimate of drug-likeness (QED) is 0.613. The number of hydrogen-bond donors (Lipinski definition) is 2. The summed E-state index contributed by atoms with van der Waals surface area (Å²) in [6.45, 7) is 0.188. The molecule has 0 bridgehead atoms. The monoisotopic (exact) mass is 353 g/mol. The van der Waals surface area contributed by atoms with Crippen molar-refractivity contribution in [2.24, 2.45) is 0 Å². The fraction of sp³-hybridized carbons (Fsp3) is 0.333. The van der Waals surface area contributed by atoms with Gasteiger partial charge in [-0.1, -0.05) is 35.9 Å². The Bertz CT molecular complexity index is 841. The molecule has 0 fully saturated rings. The smallest absolute Gasteiger partial charge is 0.342 e. The van der Waals surface area contributed by atoms with Crippen LogP contribution in [0.5, 0.6) is 5.75 Å². The Morgan fingerprint density at radius 2 is 1.88 bits per heavy atom. The van der Waals surface area contributed by atoms with Crippen molar-refractivity contribution in [2.75, 3.05) is 13.2 Å². The summed E-state index contributed by atoms with van der Waals surface area (Å²) < 4.78 is 5.04. The highest BCUT2D eigenvalue weighted by Gasteiger charge is 2.15. The summed E-state index contributed by atoms with van der Waals surface area (Å²) in [7, 11) is 0. The lowest BCUT2D eigenvalue weighted by molar-refractivity contribution is -0.124. The molecule has 1 amide bonds. The van der Waals surface area contributed by atoms with Gasteiger partial charge in [-0.3, -0.25) is 4.79 Å². The first-order valence-corrected chi connectivity index (χ1v) is 8.97. The average Bonchev–Trinajstić information content (AvgIpc) is 2.66. The Morgan fingerprint density at radius 3 is 2.62 bits per heavy atom. The third-order valence-corrected chi connectivity index (χ3v) is 4.57. The molecule has 0 aliphatic heterocycles. The lowest BCUT2D eigenvalue weighted by Gasteiger charge is -2.13. The molecule has 0 saturated heterocycles. The number of benzene rings is 2. The van der Waals surface area contributed by atoms with E-state index < -0.39 is 5.97 Å². The highest BCUT2D eigenvalue weighted by molar-refractivity contribution is 5.99. The van der Waals surface area contributed by atoms with Crippen molar-refractivity contribution >= 4 is 22.6 Å². The number of nitrogens with one attached hydrogen (secondary N) is 1. The molecule has 0 radical (unpaired) electrons. The van der Waals surface area contributed by atoms with E-state index in [9.17, 15) is 14.7 Å². The maximum atomic E-state index is 12.2. The molecule has 1 aliphatic rings. The van der Waals surface area contributed by atoms with Crippen LogP contribution in [0.1, 0.15) is 42.5 Å². The highest BCUT2D eigenvalue weighted by Crippen LogP contribution is 2.25. The number of phenolic OH excluding ortho intramolecular Hbond substituents is 1. The zero-order valence-corrected chi connectivity index (χ0v) is 14.7. The second-order valence-electron chi connectivity index (χ2n) is 6.50. The Hall–Kier alpha value is -2.82. The molecule has 5 nitrogen and oxygen atoms in total. The molecule has 0 aromatic heterocycles. The number of carbonyl (C=O) groups is 2. The summed E-state index contributed by atoms with van der Waals surface area (Å²) >= 11 is 0. The zero-order chi connectivity index (χ0) is 18.4. The van der Waals surface area contributed by atoms with Gasteiger partial charge in [0.1, 0.15) is 11.3 Å². The van der Waals surface area contributed by atoms with E-state index in [1.54, 1.807) is 6.07 Å². The fourth-order valence-electron chi connectivity index (χ4n) is 3.15. The van der Waals surface area contributed by atoms with Gasteiger partial charge in [-0.05, 0) is 55.0 Å². The molecule has 0 saturated carbocycles. The van der Waals surface area contributed by atoms with Crippen LogP contribution < -0.4 is 5.32 Å². The number of carbonyl (C=O) groups excluding carboxylic acids is 2. The van der Waals surface area contributed by atoms with Gasteiger partial charge in [0.15, 0.2) is 6.61 Å². The van der Waals surface area contributed by atoms with Crippen molar-refractivity contribution in [1.82, 2.24) is 5.32 Å². The van der Waals surface area contributed by atoms with Crippen molar-refractivity contribution < 1.29 is 19.4 Å². The van der Waals surface area contributed by atoms with Crippen molar-refractivity contribution in [3.63, 3.8) is 0 Å². The number of fused-ring (bicyclic) bond motifs is 1. The minimum Gasteiger partial charge on any atom is -0.507 e. The van der Waals surface area contributed by atoms with E-state index in [0.717, 1.165) is 30.0 Å². The topological polar surface area (TPSA) is 75.6 Å². The van der Waals surface area contributed by atoms with Crippen molar-refractivity contribution in [3.05, 3.63) is 53.6 Å². The molecule has 2 aromatic carbocycles. The van der Waals surface area contributed by atoms with Gasteiger partial charge in [0.2, 0.25) is 0 Å². The minimum absolute atomic E-state index is 0.0591. The summed E-state index contributed by atoms with van der Waals surface area (Å²) in [6, 6.07) is 10.5. The predicted molar refractivity (Wildman–Crippen MR) is 100 cm³/mol. The summed E-state index contributed by atoms with van der Waals surface area (Å²) in [5, 5.41) is 14.4. The largest absolute Gasteiger partial charge is 0.507 e. The van der Waals surface area contributed by atoms with E-state index >= 15 is 0 Å². The SMILES string of the molecule is O=C(COC(=O)c1cc2ccccc2cc1O)NCCC1=CCCCC1. The average molecular weight is 353 g/mol. The molecule has 2 N–H and O–H groups in total. The van der Waals surface area contributed by atoms with Crippen molar-refractivity contribution in [2.45, 2.75) is 32.1 Å². The molecular formula is C21H23NO4. The number of phenols is 1. The Labute approximate surface area is 152 Å². The van der Waals surface area contributed by atoms with Gasteiger partial charge in [-0.15, -0.1) is 0 Å². The molecule has 3 rings (SSSR count). The zero-order valence-electron chi connectivity index (χ0n) is 14.7. The molecule has 0 atom stereocenters. The molecule has 0 spiro atoms. The number of aromatic hydroxyl groups is 1. The van der Waals surface area contributed by atoms with Crippen LogP contribution in [0.2, 0.25) is 0 Å². The molecule has 2 aromatic rings. The van der Waals surface area contributed by atoms with Crippen molar-refractivity contribution in [1.29, 1.82) is 0 Å². The molecule has 0 unspecified atom stereocenters. The Morgan fingerprint density at radius 1 is 1.12 bits per heavy atom. The molecule has 136 valence electrons. The van der Waals surface area contributed by atoms with E-state index in [2.05, 4.69) is 11.4 Å². The maximum Gasteiger partial charge on any atom is 0.342 e. The molecular weight excluding hydrogens is 330 g/mol. The fourth-order valence-corrected chi connectivity index (χ4v) is 3.15. The first-order valence-electron chi connectivity index (χ1n) is 8.97. The van der Waals surface area contributed by atoms with Crippen LogP contribution in [0.15, 0.2) is 48.0 Å². The second kappa shape index (κ2) is 8.52. The van der Waals surface area contributed by atoms with Gasteiger partial charge < -0.3 is 15.2 Å². The minimum atomic E-state index is -0.710. The number of allylic oxidation sites excluding steroid dienone is 1. The Kier molecular flexibility index (Phi) is 5.89. The summed E-state index contributed by atoms with van der Waals surface area (Å²) in [6.07, 6.45) is 7.77. The first kappa shape index (κ1) is 18.0. The third-order valence-electron chi connectivity index (χ3n) is 4.57. The van der Waals surface area contributed by atoms with Gasteiger partial charge in [0.05, 0.1) is 0 Å². The summed E-state index contributed by atoms with van der Waals surface area (Å²) in [5.74, 6) is -1.20. The lowest BCUT2D eigenvalue weighted by atomic mass is 9.97. The van der Waals surface area contributed by atoms with Crippen molar-refractivity contribution in [3.8, 4) is 5.75 Å². The van der Waals surface area contributed by atoms with E-state index in [1.807, 2.05) is 24.3 Å². The van der Waals surface area contributed by atoms with E-state index in [0.29, 0.717) is 6.54 Å². The Balaban J connectivity index is 1.49. The standard InChI is InChI=1S/C21H23NO4/c23-19-13-17-9-5-4-8-16(17)12-18(19)21(25)26-14-20(24)22-11-10-15-6-2-1-3-7-15/h4-6,8-9,12-13,23H,1-3,7,10-11,14H2,(H,22,24). The van der Waals surface area contributed by atoms with Crippen LogP contribution >= 0.6 is 0 Å². The van der Waals surface area contributed by atoms with Crippen LogP contribution in [-0.4, -0.2) is 30.1 Å². The summed E-state index contributed by atoms with van der Waals surface area (Å²) in [4.78, 5) is 24.0. The van der Waals surface area contributed by atoms with E-state index in [1.165, 1.54) is 24.5 Å². The number of esters is 1. The van der Waals surface area contributed by atoms with Gasteiger partial charge in [0, 0.05) is 6.54 Å². The van der Waals surface area contributed by atoms with Crippen LogP contribution in [0, 0.1) is 0 Å². The molecule has 0 heterocycles. The van der Waals surface area contributed by atoms with E-state index in [4.69, 9.17) is 4.74 Å². The number of amides is 1. The summed E-state index contributed by atoms with van der Waals surface area (Å²) in [5.41, 5.74) is 1.44. The molecule has 5 heteroatoms. The van der Waals surface area contributed by atoms with Crippen LogP contribution in [0.25, 0.3) is 10.8 Å². The van der Waals surface area contributed by atoms with Crippen LogP contribution in [0.3, 0.4) is 0 Å². The highest BCUT2D eigenvalue weighted by atomic mass is 16.5. The number of rotatable bonds is 6. The lowest BCUT2D eigenvalue weighted by Crippen LogP contribution is -2.29. The van der Waals surface area contributed by atoms with Gasteiger partial charge in [-0.2, -0.15) is 0 Å². The van der Waals surface area contributed by atoms with Gasteiger partial charge in [-0.25, -0.2) is 4.79 Å². The van der Waals surface area contributed by atoms with Crippen LogP contribution in [-0.2, 0) is 9.53 Å². The first-order chi connectivity index (χ1) is 12.6. The number of ether oxygens (including phenoxy) is 1. The van der Waals surface area contributed by atoms with Gasteiger partial charge >= 0.3 is 5.97 Å². The second-order valence-corrected chi connectivity index (χ2v) is 6.50. The number of hydrogen-bond acceptors (Lipinski definition) is 4. The van der Waals surface area contributed by atoms with Gasteiger partial charge in [0.25, 0.3) is 5.91 Å². The third kappa shape index (κ3) is 4.63.